The first-order chi connectivity index (χ1) is 3.92. The van der Waals surface area contributed by atoms with Crippen LogP contribution >= 0.6 is 34.5 Å². The molecule has 0 heterocycles. The minimum Gasteiger partial charge on any atom is -0.214 e. The topological polar surface area (TPSA) is 12.4 Å². The molecular formula is C6H12INS. The third kappa shape index (κ3) is 8.75. The highest BCUT2D eigenvalue weighted by Crippen LogP contribution is 2.24. The van der Waals surface area contributed by atoms with E-state index >= 15 is 0 Å². The van der Waals surface area contributed by atoms with Gasteiger partial charge in [0.05, 0.1) is 3.72 Å². The molecule has 0 saturated carbocycles. The molecule has 0 amide bonds. The average Bonchev–Trinajstić information content (AvgIpc) is 1.59. The summed E-state index contributed by atoms with van der Waals surface area (Å²) in [5.41, 5.74) is 0. The zero-order valence-electron chi connectivity index (χ0n) is 6.23. The number of rotatable bonds is 1. The van der Waals surface area contributed by atoms with Crippen molar-refractivity contribution in [2.45, 2.75) is 32.4 Å². The fourth-order valence-electron chi connectivity index (χ4n) is 0.200. The van der Waals surface area contributed by atoms with Gasteiger partial charge in [-0.3, -0.25) is 0 Å². The van der Waals surface area contributed by atoms with E-state index in [4.69, 9.17) is 0 Å². The van der Waals surface area contributed by atoms with Crippen LogP contribution in [0, 0.1) is 0 Å². The Morgan fingerprint density at radius 1 is 1.44 bits per heavy atom. The molecule has 0 rings (SSSR count). The summed E-state index contributed by atoms with van der Waals surface area (Å²) >= 11 is 3.83. The molecule has 0 fully saturated rings. The molecule has 54 valence electrons. The fraction of sp³-hybridized carbons (Fsp3) is 0.833. The second-order valence-electron chi connectivity index (χ2n) is 2.79. The monoisotopic (exact) mass is 257 g/mol. The van der Waals surface area contributed by atoms with E-state index in [9.17, 15) is 0 Å². The molecule has 0 aliphatic carbocycles. The molecule has 0 aromatic carbocycles. The van der Waals surface area contributed by atoms with Gasteiger partial charge in [-0.25, -0.2) is 4.40 Å². The van der Waals surface area contributed by atoms with Crippen molar-refractivity contribution in [2.75, 3.05) is 0 Å². The predicted octanol–water partition coefficient (Wildman–Crippen LogP) is 3.29. The summed E-state index contributed by atoms with van der Waals surface area (Å²) in [7, 11) is 0. The highest BCUT2D eigenvalue weighted by atomic mass is 127. The maximum Gasteiger partial charge on any atom is 0.0836 e. The molecule has 3 heteroatoms. The third-order valence-electron chi connectivity index (χ3n) is 0.445. The van der Waals surface area contributed by atoms with E-state index in [2.05, 4.69) is 47.8 Å². The molecular weight excluding hydrogens is 245 g/mol. The van der Waals surface area contributed by atoms with Gasteiger partial charge in [-0.1, -0.05) is 0 Å². The van der Waals surface area contributed by atoms with Crippen LogP contribution < -0.4 is 0 Å². The molecule has 0 radical (unpaired) electrons. The van der Waals surface area contributed by atoms with Crippen LogP contribution in [0.3, 0.4) is 0 Å². The maximum absolute atomic E-state index is 4.22. The van der Waals surface area contributed by atoms with Gasteiger partial charge in [0.15, 0.2) is 0 Å². The smallest absolute Gasteiger partial charge is 0.0836 e. The van der Waals surface area contributed by atoms with Crippen LogP contribution in [0.4, 0.5) is 0 Å². The van der Waals surface area contributed by atoms with Crippen LogP contribution in [-0.4, -0.2) is 8.47 Å². The number of hydrogen-bond donors (Lipinski definition) is 0. The molecule has 0 unspecified atom stereocenters. The average molecular weight is 257 g/mol. The van der Waals surface area contributed by atoms with Crippen LogP contribution in [0.15, 0.2) is 4.40 Å². The Balaban J connectivity index is 3.64. The van der Waals surface area contributed by atoms with Crippen molar-refractivity contribution >= 4 is 38.3 Å². The van der Waals surface area contributed by atoms with Gasteiger partial charge in [0, 0.05) is 4.75 Å². The van der Waals surface area contributed by atoms with Crippen molar-refractivity contribution in [1.29, 1.82) is 0 Å². The minimum absolute atomic E-state index is 0.256. The van der Waals surface area contributed by atoms with Crippen molar-refractivity contribution < 1.29 is 0 Å². The van der Waals surface area contributed by atoms with Gasteiger partial charge in [-0.15, -0.1) is 0 Å². The lowest BCUT2D eigenvalue weighted by Gasteiger charge is -2.12. The van der Waals surface area contributed by atoms with E-state index in [0.717, 1.165) is 3.72 Å². The minimum atomic E-state index is 0.256. The molecule has 0 aromatic heterocycles. The molecule has 0 aliphatic heterocycles. The Labute approximate surface area is 75.0 Å². The van der Waals surface area contributed by atoms with Crippen LogP contribution in [0.1, 0.15) is 27.7 Å². The number of halogens is 1. The quantitative estimate of drug-likeness (QED) is 0.399. The van der Waals surface area contributed by atoms with E-state index in [-0.39, 0.29) is 4.75 Å². The molecule has 0 saturated heterocycles. The first-order valence-electron chi connectivity index (χ1n) is 2.80. The Morgan fingerprint density at radius 2 is 1.89 bits per heavy atom. The Bertz CT molecular complexity index is 111. The Hall–Kier alpha value is 0.750. The summed E-state index contributed by atoms with van der Waals surface area (Å²) in [6.45, 7) is 8.46. The third-order valence-corrected chi connectivity index (χ3v) is 1.93. The zero-order chi connectivity index (χ0) is 7.49. The molecule has 0 N–H and O–H groups in total. The van der Waals surface area contributed by atoms with Gasteiger partial charge in [0.2, 0.25) is 0 Å². The lowest BCUT2D eigenvalue weighted by Crippen LogP contribution is -2.05. The lowest BCUT2D eigenvalue weighted by atomic mass is 10.3. The molecule has 0 aromatic rings. The van der Waals surface area contributed by atoms with Crippen molar-refractivity contribution in [3.8, 4) is 0 Å². The van der Waals surface area contributed by atoms with Crippen LogP contribution in [0.5, 0.6) is 0 Å². The second kappa shape index (κ2) is 3.81. The van der Waals surface area contributed by atoms with E-state index in [1.807, 2.05) is 6.92 Å². The van der Waals surface area contributed by atoms with Crippen molar-refractivity contribution in [3.05, 3.63) is 0 Å². The van der Waals surface area contributed by atoms with Crippen molar-refractivity contribution in [2.24, 2.45) is 4.40 Å². The standard InChI is InChI=1S/C6H12INS/c1-5(7)8-9-6(2,3)4/h1-4H3. The molecule has 0 aliphatic rings. The first kappa shape index (κ1) is 9.75. The van der Waals surface area contributed by atoms with Crippen molar-refractivity contribution in [3.63, 3.8) is 0 Å². The van der Waals surface area contributed by atoms with Crippen LogP contribution in [0.25, 0.3) is 0 Å². The summed E-state index contributed by atoms with van der Waals surface area (Å²) in [5.74, 6) is 0. The molecule has 9 heavy (non-hydrogen) atoms. The van der Waals surface area contributed by atoms with Gasteiger partial charge in [0.25, 0.3) is 0 Å². The highest BCUT2D eigenvalue weighted by molar-refractivity contribution is 14.1. The lowest BCUT2D eigenvalue weighted by molar-refractivity contribution is 0.804. The Kier molecular flexibility index (Phi) is 4.12. The van der Waals surface area contributed by atoms with Gasteiger partial charge < -0.3 is 0 Å². The summed E-state index contributed by atoms with van der Waals surface area (Å²) in [6, 6.07) is 0. The molecule has 0 spiro atoms. The highest BCUT2D eigenvalue weighted by Gasteiger charge is 2.09. The molecule has 1 nitrogen and oxygen atoms in total. The SMILES string of the molecule is CC(I)=NSC(C)(C)C. The second-order valence-corrected chi connectivity index (χ2v) is 5.94. The Morgan fingerprint density at radius 3 is 2.00 bits per heavy atom. The van der Waals surface area contributed by atoms with E-state index in [1.54, 1.807) is 11.9 Å². The van der Waals surface area contributed by atoms with Gasteiger partial charge >= 0.3 is 0 Å². The largest absolute Gasteiger partial charge is 0.214 e. The van der Waals surface area contributed by atoms with Gasteiger partial charge in [-0.2, -0.15) is 0 Å². The zero-order valence-corrected chi connectivity index (χ0v) is 9.21. The number of nitrogens with zero attached hydrogens (tertiary/aromatic N) is 1. The summed E-state index contributed by atoms with van der Waals surface area (Å²) in [5, 5.41) is 0. The van der Waals surface area contributed by atoms with Crippen molar-refractivity contribution in [1.82, 2.24) is 0 Å². The first-order valence-corrected chi connectivity index (χ1v) is 4.65. The van der Waals surface area contributed by atoms with E-state index in [0.29, 0.717) is 0 Å². The number of hydrogen-bond acceptors (Lipinski definition) is 2. The van der Waals surface area contributed by atoms with Crippen LogP contribution in [-0.2, 0) is 0 Å². The summed E-state index contributed by atoms with van der Waals surface area (Å²) < 4.78 is 5.58. The predicted molar refractivity (Wildman–Crippen MR) is 54.5 cm³/mol. The van der Waals surface area contributed by atoms with E-state index in [1.165, 1.54) is 0 Å². The summed E-state index contributed by atoms with van der Waals surface area (Å²) in [4.78, 5) is 0. The summed E-state index contributed by atoms with van der Waals surface area (Å²) in [6.07, 6.45) is 0. The molecule has 0 bridgehead atoms. The molecule has 0 atom stereocenters. The van der Waals surface area contributed by atoms with Gasteiger partial charge in [-0.05, 0) is 62.2 Å². The fourth-order valence-corrected chi connectivity index (χ4v) is 0.895. The normalized spacial score (nSPS) is 14.1. The maximum atomic E-state index is 4.22. The van der Waals surface area contributed by atoms with E-state index < -0.39 is 0 Å². The van der Waals surface area contributed by atoms with Crippen LogP contribution in [0.2, 0.25) is 0 Å². The van der Waals surface area contributed by atoms with Gasteiger partial charge in [0.1, 0.15) is 0 Å².